The highest BCUT2D eigenvalue weighted by Gasteiger charge is 2.41. The minimum atomic E-state index is -0.210. The van der Waals surface area contributed by atoms with Gasteiger partial charge in [-0.05, 0) is 38.0 Å². The second-order valence-electron chi connectivity index (χ2n) is 8.24. The third-order valence-corrected chi connectivity index (χ3v) is 6.10. The van der Waals surface area contributed by atoms with Crippen LogP contribution in [0.3, 0.4) is 0 Å². The molecular formula is C26H31N3O3. The van der Waals surface area contributed by atoms with Gasteiger partial charge in [-0.1, -0.05) is 48.0 Å². The number of ether oxygens (including phenoxy) is 1. The van der Waals surface area contributed by atoms with Crippen LogP contribution in [0.2, 0.25) is 0 Å². The van der Waals surface area contributed by atoms with Crippen molar-refractivity contribution in [3.63, 3.8) is 0 Å². The molecule has 0 bridgehead atoms. The van der Waals surface area contributed by atoms with Crippen LogP contribution in [0.1, 0.15) is 24.5 Å². The number of aryl methyl sites for hydroxylation is 1. The molecule has 2 aliphatic heterocycles. The quantitative estimate of drug-likeness (QED) is 0.598. The Bertz CT molecular complexity index is 979. The van der Waals surface area contributed by atoms with E-state index in [0.29, 0.717) is 24.4 Å². The van der Waals surface area contributed by atoms with Gasteiger partial charge >= 0.3 is 0 Å². The Morgan fingerprint density at radius 2 is 1.59 bits per heavy atom. The average Bonchev–Trinajstić information content (AvgIpc) is 3.06. The number of carbonyl (C=O) groups excluding carboxylic acids is 2. The van der Waals surface area contributed by atoms with Crippen LogP contribution in [-0.2, 0) is 14.3 Å². The van der Waals surface area contributed by atoms with E-state index in [1.165, 1.54) is 4.90 Å². The molecule has 2 amide bonds. The van der Waals surface area contributed by atoms with Crippen molar-refractivity contribution in [3.05, 3.63) is 71.4 Å². The summed E-state index contributed by atoms with van der Waals surface area (Å²) in [7, 11) is 0. The second-order valence-corrected chi connectivity index (χ2v) is 8.24. The zero-order valence-electron chi connectivity index (χ0n) is 18.9. The molecule has 2 aliphatic rings. The molecule has 0 atom stereocenters. The predicted octanol–water partition coefficient (Wildman–Crippen LogP) is 3.32. The molecule has 1 fully saturated rings. The number of carbonyl (C=O) groups is 2. The SMILES string of the molecule is CCN(C1=C(c2ccc(C)cc2)C(=O)N(CCCN2CCOCC2)C1=O)c1ccccc1. The predicted molar refractivity (Wildman–Crippen MR) is 126 cm³/mol. The zero-order valence-corrected chi connectivity index (χ0v) is 18.9. The lowest BCUT2D eigenvalue weighted by molar-refractivity contribution is -0.137. The third-order valence-electron chi connectivity index (χ3n) is 6.10. The van der Waals surface area contributed by atoms with Gasteiger partial charge in [0.1, 0.15) is 5.70 Å². The van der Waals surface area contributed by atoms with E-state index in [0.717, 1.165) is 56.1 Å². The normalized spacial score (nSPS) is 17.4. The number of benzene rings is 2. The van der Waals surface area contributed by atoms with E-state index in [-0.39, 0.29) is 11.8 Å². The molecule has 2 aromatic rings. The number of rotatable bonds is 8. The van der Waals surface area contributed by atoms with Gasteiger partial charge in [-0.25, -0.2) is 0 Å². The molecule has 168 valence electrons. The fraction of sp³-hybridized carbons (Fsp3) is 0.385. The van der Waals surface area contributed by atoms with Crippen LogP contribution in [0.4, 0.5) is 5.69 Å². The van der Waals surface area contributed by atoms with E-state index in [1.807, 2.05) is 73.3 Å². The number of nitrogens with zero attached hydrogens (tertiary/aromatic N) is 3. The lowest BCUT2D eigenvalue weighted by Crippen LogP contribution is -2.40. The number of anilines is 1. The summed E-state index contributed by atoms with van der Waals surface area (Å²) in [6.45, 7) is 9.17. The maximum Gasteiger partial charge on any atom is 0.278 e. The van der Waals surface area contributed by atoms with Gasteiger partial charge in [-0.15, -0.1) is 0 Å². The van der Waals surface area contributed by atoms with Crippen LogP contribution in [0.5, 0.6) is 0 Å². The van der Waals surface area contributed by atoms with Gasteiger partial charge in [0.2, 0.25) is 0 Å². The van der Waals surface area contributed by atoms with Crippen LogP contribution in [0.25, 0.3) is 5.57 Å². The van der Waals surface area contributed by atoms with Gasteiger partial charge in [0.05, 0.1) is 18.8 Å². The summed E-state index contributed by atoms with van der Waals surface area (Å²) in [6.07, 6.45) is 0.753. The lowest BCUT2D eigenvalue weighted by atomic mass is 10.0. The summed E-state index contributed by atoms with van der Waals surface area (Å²) in [5, 5.41) is 0. The van der Waals surface area contributed by atoms with Gasteiger partial charge in [0, 0.05) is 38.4 Å². The summed E-state index contributed by atoms with van der Waals surface area (Å²) < 4.78 is 5.41. The van der Waals surface area contributed by atoms with Crippen molar-refractivity contribution in [1.82, 2.24) is 9.80 Å². The van der Waals surface area contributed by atoms with Crippen LogP contribution in [-0.4, -0.2) is 67.6 Å². The van der Waals surface area contributed by atoms with Crippen molar-refractivity contribution in [2.45, 2.75) is 20.3 Å². The Kier molecular flexibility index (Phi) is 7.02. The van der Waals surface area contributed by atoms with Gasteiger partial charge in [-0.2, -0.15) is 0 Å². The zero-order chi connectivity index (χ0) is 22.5. The highest BCUT2D eigenvalue weighted by Crippen LogP contribution is 2.34. The maximum absolute atomic E-state index is 13.6. The van der Waals surface area contributed by atoms with Crippen molar-refractivity contribution < 1.29 is 14.3 Å². The first kappa shape index (κ1) is 22.2. The molecule has 2 heterocycles. The first-order chi connectivity index (χ1) is 15.6. The van der Waals surface area contributed by atoms with Gasteiger partial charge in [-0.3, -0.25) is 19.4 Å². The van der Waals surface area contributed by atoms with E-state index < -0.39 is 0 Å². The number of hydrogen-bond donors (Lipinski definition) is 0. The van der Waals surface area contributed by atoms with E-state index >= 15 is 0 Å². The van der Waals surface area contributed by atoms with Crippen molar-refractivity contribution in [2.75, 3.05) is 50.8 Å². The molecule has 0 unspecified atom stereocenters. The molecule has 32 heavy (non-hydrogen) atoms. The number of likely N-dealkylation sites (N-methyl/N-ethyl adjacent to an activating group) is 1. The van der Waals surface area contributed by atoms with Crippen LogP contribution >= 0.6 is 0 Å². The minimum absolute atomic E-state index is 0.204. The van der Waals surface area contributed by atoms with E-state index in [9.17, 15) is 9.59 Å². The van der Waals surface area contributed by atoms with Gasteiger partial charge in [0.25, 0.3) is 11.8 Å². The molecule has 0 spiro atoms. The van der Waals surface area contributed by atoms with Crippen LogP contribution < -0.4 is 4.90 Å². The molecule has 6 nitrogen and oxygen atoms in total. The second kappa shape index (κ2) is 10.1. The molecule has 0 aliphatic carbocycles. The summed E-state index contributed by atoms with van der Waals surface area (Å²) in [5.41, 5.74) is 3.77. The first-order valence-electron chi connectivity index (χ1n) is 11.4. The van der Waals surface area contributed by atoms with Crippen molar-refractivity contribution in [3.8, 4) is 0 Å². The monoisotopic (exact) mass is 433 g/mol. The van der Waals surface area contributed by atoms with Crippen molar-refractivity contribution >= 4 is 23.1 Å². The minimum Gasteiger partial charge on any atom is -0.379 e. The fourth-order valence-corrected chi connectivity index (χ4v) is 4.35. The lowest BCUT2D eigenvalue weighted by Gasteiger charge is -2.27. The smallest absolute Gasteiger partial charge is 0.278 e. The van der Waals surface area contributed by atoms with Crippen LogP contribution in [0, 0.1) is 6.92 Å². The van der Waals surface area contributed by atoms with E-state index in [4.69, 9.17) is 4.74 Å². The molecular weight excluding hydrogens is 402 g/mol. The van der Waals surface area contributed by atoms with Crippen molar-refractivity contribution in [2.24, 2.45) is 0 Å². The molecule has 6 heteroatoms. The Hall–Kier alpha value is -2.96. The van der Waals surface area contributed by atoms with E-state index in [1.54, 1.807) is 0 Å². The van der Waals surface area contributed by atoms with E-state index in [2.05, 4.69) is 4.90 Å². The maximum atomic E-state index is 13.6. The highest BCUT2D eigenvalue weighted by molar-refractivity contribution is 6.36. The molecule has 0 aromatic heterocycles. The number of hydrogen-bond acceptors (Lipinski definition) is 5. The number of morpholine rings is 1. The average molecular weight is 434 g/mol. The summed E-state index contributed by atoms with van der Waals surface area (Å²) in [4.78, 5) is 32.8. The third kappa shape index (κ3) is 4.61. The fourth-order valence-electron chi connectivity index (χ4n) is 4.35. The number of amides is 2. The summed E-state index contributed by atoms with van der Waals surface area (Å²) >= 11 is 0. The topological polar surface area (TPSA) is 53.1 Å². The number of para-hydroxylation sites is 1. The molecule has 1 saturated heterocycles. The molecule has 0 N–H and O–H groups in total. The summed E-state index contributed by atoms with van der Waals surface area (Å²) in [6, 6.07) is 17.6. The molecule has 4 rings (SSSR count). The summed E-state index contributed by atoms with van der Waals surface area (Å²) in [5.74, 6) is -0.413. The Morgan fingerprint density at radius 1 is 0.906 bits per heavy atom. The van der Waals surface area contributed by atoms with Gasteiger partial charge in [0.15, 0.2) is 0 Å². The standard InChI is InChI=1S/C26H31N3O3/c1-3-28(22-8-5-4-6-9-22)24-23(21-12-10-20(2)11-13-21)25(30)29(26(24)31)15-7-14-27-16-18-32-19-17-27/h4-6,8-13H,3,7,14-19H2,1-2H3. The Balaban J connectivity index is 1.63. The van der Waals surface area contributed by atoms with Crippen LogP contribution in [0.15, 0.2) is 60.3 Å². The Morgan fingerprint density at radius 3 is 2.25 bits per heavy atom. The molecule has 0 saturated carbocycles. The first-order valence-corrected chi connectivity index (χ1v) is 11.4. The number of imide groups is 1. The Labute approximate surface area is 190 Å². The molecule has 0 radical (unpaired) electrons. The van der Waals surface area contributed by atoms with Crippen molar-refractivity contribution in [1.29, 1.82) is 0 Å². The highest BCUT2D eigenvalue weighted by atomic mass is 16.5. The van der Waals surface area contributed by atoms with Gasteiger partial charge < -0.3 is 9.64 Å². The molecule has 2 aromatic carbocycles. The largest absolute Gasteiger partial charge is 0.379 e.